The number of hydrogen-bond donors (Lipinski definition) is 17. The van der Waals surface area contributed by atoms with E-state index in [2.05, 4.69) is 11.5 Å². The van der Waals surface area contributed by atoms with Crippen molar-refractivity contribution >= 4 is 70.3 Å². The van der Waals surface area contributed by atoms with Gasteiger partial charge in [-0.2, -0.15) is 33.7 Å². The highest BCUT2D eigenvalue weighted by molar-refractivity contribution is 7.86. The highest BCUT2D eigenvalue weighted by Gasteiger charge is 2.19. The van der Waals surface area contributed by atoms with Gasteiger partial charge in [0.1, 0.15) is 45.3 Å². The van der Waals surface area contributed by atoms with Crippen molar-refractivity contribution < 1.29 is 122 Å². The van der Waals surface area contributed by atoms with Crippen LogP contribution in [0.25, 0.3) is 0 Å². The van der Waals surface area contributed by atoms with Crippen LogP contribution in [0.4, 0.5) is 0 Å². The molecule has 0 aliphatic rings. The van der Waals surface area contributed by atoms with E-state index in [1.807, 2.05) is 13.8 Å². The van der Waals surface area contributed by atoms with Gasteiger partial charge in [0.2, 0.25) is 0 Å². The van der Waals surface area contributed by atoms with Crippen molar-refractivity contribution in [2.24, 2.45) is 11.5 Å². The predicted octanol–water partition coefficient (Wildman–Crippen LogP) is 0.964. The summed E-state index contributed by atoms with van der Waals surface area (Å²) in [6.45, 7) is 4.50. The summed E-state index contributed by atoms with van der Waals surface area (Å²) in [7, 11) is -17.8. The molecule has 4 aromatic rings. The molecule has 0 amide bonds. The average molecular weight is 1050 g/mol. The minimum absolute atomic E-state index is 0.319. The molecule has 0 fully saturated rings. The van der Waals surface area contributed by atoms with Crippen LogP contribution in [-0.4, -0.2) is 146 Å². The van der Waals surface area contributed by atoms with Gasteiger partial charge in [-0.05, 0) is 85.6 Å². The molecule has 0 radical (unpaired) electrons. The summed E-state index contributed by atoms with van der Waals surface area (Å²) < 4.78 is 119. The van der Waals surface area contributed by atoms with Crippen LogP contribution in [0.1, 0.15) is 68.1 Å². The largest absolute Gasteiger partial charge is 0.507 e. The lowest BCUT2D eigenvalue weighted by Crippen LogP contribution is -2.20. The second kappa shape index (κ2) is 29.4. The predicted molar refractivity (Wildman–Crippen MR) is 230 cm³/mol. The van der Waals surface area contributed by atoms with Crippen molar-refractivity contribution in [3.05, 3.63) is 95.1 Å². The molecular formula is C35H45N3O26S4. The molecule has 4 rings (SSSR count). The highest BCUT2D eigenvalue weighted by Crippen LogP contribution is 2.24. The summed E-state index contributed by atoms with van der Waals surface area (Å²) in [6, 6.07) is 9.82. The Bertz CT molecular complexity index is 2460. The molecule has 68 heavy (non-hydrogen) atoms. The lowest BCUT2D eigenvalue weighted by atomic mass is 10.2. The molecule has 0 saturated heterocycles. The molecule has 29 nitrogen and oxygen atoms in total. The molecular weight excluding hydrogens is 1010 g/mol. The zero-order valence-corrected chi connectivity index (χ0v) is 38.0. The van der Waals surface area contributed by atoms with Crippen molar-refractivity contribution in [2.75, 3.05) is 13.2 Å². The Labute approximate surface area is 385 Å². The number of nitrogens with one attached hydrogen (secondary N) is 1. The van der Waals surface area contributed by atoms with E-state index in [4.69, 9.17) is 74.7 Å². The van der Waals surface area contributed by atoms with Gasteiger partial charge in [0.05, 0.1) is 19.6 Å². The Balaban J connectivity index is -0.000000765. The first-order valence-electron chi connectivity index (χ1n) is 17.3. The van der Waals surface area contributed by atoms with Gasteiger partial charge in [0.15, 0.2) is 5.96 Å². The van der Waals surface area contributed by atoms with E-state index < -0.39 is 129 Å². The van der Waals surface area contributed by atoms with Crippen LogP contribution in [0.2, 0.25) is 0 Å². The molecule has 0 spiro atoms. The maximum atomic E-state index is 10.6. The first-order chi connectivity index (χ1) is 30.8. The van der Waals surface area contributed by atoms with Crippen molar-refractivity contribution in [3.8, 4) is 23.0 Å². The fraction of sp³-hybridized carbons (Fsp3) is 0.171. The monoisotopic (exact) mass is 1050 g/mol. The number of phenols is 4. The van der Waals surface area contributed by atoms with E-state index in [0.29, 0.717) is 37.5 Å². The summed E-state index contributed by atoms with van der Waals surface area (Å²) in [5.41, 5.74) is 6.61. The SMILES string of the molecule is CCCO.CCCO.N=C(N)N.O=C(O)c1cc(S(=O)(=O)O)ccc1O.O=C(O)c1cc(S(=O)(=O)O)ccc1O.O=C(O)c1cc(S(=O)(=O)O)ccc1O.O=C(O)c1cc(S(=O)(=O)O)ccc1O. The van der Waals surface area contributed by atoms with Crippen LogP contribution in [-0.2, 0) is 40.5 Å². The standard InChI is InChI=1S/4C7H6O6S.2C3H8O.CH5N3/c4*8-6-2-1-4(14(11,12)13)3-5(6)7(9)10;2*1-2-3-4;2-1(3)4/h4*1-3,8H,(H,9,10)(H,11,12,13);2*4H,2-3H2,1H3;(H5,2,3,4). The smallest absolute Gasteiger partial charge is 0.339 e. The van der Waals surface area contributed by atoms with Crippen LogP contribution in [0.15, 0.2) is 92.4 Å². The Morgan fingerprint density at radius 3 is 0.647 bits per heavy atom. The summed E-state index contributed by atoms with van der Waals surface area (Å²) in [4.78, 5) is 39.6. The van der Waals surface area contributed by atoms with E-state index in [-0.39, 0.29) is 5.96 Å². The fourth-order valence-corrected chi connectivity index (χ4v) is 5.41. The number of carboxylic acids is 4. The van der Waals surface area contributed by atoms with Gasteiger partial charge in [0.25, 0.3) is 40.5 Å². The van der Waals surface area contributed by atoms with E-state index in [1.54, 1.807) is 0 Å². The molecule has 0 aliphatic carbocycles. The average Bonchev–Trinajstić information content (AvgIpc) is 3.20. The number of nitrogens with two attached hydrogens (primary N) is 2. The maximum Gasteiger partial charge on any atom is 0.339 e. The number of benzene rings is 4. The van der Waals surface area contributed by atoms with E-state index in [0.717, 1.165) is 61.4 Å². The Kier molecular flexibility index (Phi) is 28.2. The molecule has 0 aromatic heterocycles. The normalized spacial score (nSPS) is 10.5. The molecule has 0 unspecified atom stereocenters. The molecule has 0 heterocycles. The number of hydrogen-bond acceptors (Lipinski definition) is 19. The number of carboxylic acid groups (broad SMARTS) is 4. The van der Waals surface area contributed by atoms with Gasteiger partial charge in [0, 0.05) is 13.2 Å². The van der Waals surface area contributed by atoms with E-state index >= 15 is 0 Å². The Hall–Kier alpha value is -7.21. The minimum atomic E-state index is -4.45. The number of aromatic carboxylic acids is 4. The maximum absolute atomic E-state index is 10.6. The molecule has 0 bridgehead atoms. The first-order valence-corrected chi connectivity index (χ1v) is 23.1. The number of aliphatic hydroxyl groups is 2. The van der Waals surface area contributed by atoms with Crippen molar-refractivity contribution in [1.82, 2.24) is 0 Å². The number of rotatable bonds is 10. The van der Waals surface area contributed by atoms with Crippen molar-refractivity contribution in [1.29, 1.82) is 5.41 Å². The molecule has 33 heteroatoms. The first kappa shape index (κ1) is 65.1. The third kappa shape index (κ3) is 26.1. The second-order valence-corrected chi connectivity index (χ2v) is 17.4. The molecule has 0 atom stereocenters. The van der Waals surface area contributed by atoms with Gasteiger partial charge in [-0.3, -0.25) is 23.6 Å². The topological polar surface area (TPSA) is 564 Å². The minimum Gasteiger partial charge on any atom is -0.507 e. The molecule has 0 aliphatic heterocycles. The van der Waals surface area contributed by atoms with E-state index in [1.165, 1.54) is 0 Å². The third-order valence-electron chi connectivity index (χ3n) is 6.43. The summed E-state index contributed by atoms with van der Waals surface area (Å²) in [5.74, 6) is -8.51. The molecule has 0 saturated carbocycles. The molecule has 4 aromatic carbocycles. The molecule has 19 N–H and O–H groups in total. The highest BCUT2D eigenvalue weighted by atomic mass is 32.2. The summed E-state index contributed by atoms with van der Waals surface area (Å²) >= 11 is 0. The number of aromatic hydroxyl groups is 4. The van der Waals surface area contributed by atoms with Crippen LogP contribution in [0, 0.1) is 5.41 Å². The van der Waals surface area contributed by atoms with Gasteiger partial charge < -0.3 is 62.5 Å². The van der Waals surface area contributed by atoms with Crippen LogP contribution < -0.4 is 11.5 Å². The van der Waals surface area contributed by atoms with Crippen molar-refractivity contribution in [3.63, 3.8) is 0 Å². The summed E-state index contributed by atoms with van der Waals surface area (Å²) in [6.07, 6.45) is 1.75. The number of carbonyl (C=O) groups is 4. The van der Waals surface area contributed by atoms with Crippen LogP contribution in [0.3, 0.4) is 0 Å². The number of guanidine groups is 1. The van der Waals surface area contributed by atoms with E-state index in [9.17, 15) is 52.8 Å². The molecule has 380 valence electrons. The third-order valence-corrected chi connectivity index (χ3v) is 9.83. The lowest BCUT2D eigenvalue weighted by molar-refractivity contribution is 0.0682. The van der Waals surface area contributed by atoms with Crippen LogP contribution in [0.5, 0.6) is 23.0 Å². The second-order valence-electron chi connectivity index (χ2n) is 11.7. The summed E-state index contributed by atoms with van der Waals surface area (Å²) in [5, 5.41) is 91.9. The lowest BCUT2D eigenvalue weighted by Gasteiger charge is -2.01. The van der Waals surface area contributed by atoms with Gasteiger partial charge in [-0.1, -0.05) is 13.8 Å². The van der Waals surface area contributed by atoms with Gasteiger partial charge >= 0.3 is 23.9 Å². The van der Waals surface area contributed by atoms with Crippen molar-refractivity contribution in [2.45, 2.75) is 46.3 Å². The fourth-order valence-electron chi connectivity index (χ4n) is 3.39. The Morgan fingerprint density at radius 2 is 0.559 bits per heavy atom. The van der Waals surface area contributed by atoms with Gasteiger partial charge in [-0.15, -0.1) is 0 Å². The number of aliphatic hydroxyl groups excluding tert-OH is 2. The van der Waals surface area contributed by atoms with Gasteiger partial charge in [-0.25, -0.2) is 19.2 Å². The zero-order chi connectivity index (χ0) is 54.1. The zero-order valence-electron chi connectivity index (χ0n) is 34.7. The quantitative estimate of drug-likeness (QED) is 0.0597. The Morgan fingerprint density at radius 1 is 0.426 bits per heavy atom. The van der Waals surface area contributed by atoms with Crippen LogP contribution >= 0.6 is 0 Å².